The van der Waals surface area contributed by atoms with Crippen LogP contribution >= 0.6 is 0 Å². The molecule has 0 aliphatic heterocycles. The van der Waals surface area contributed by atoms with Gasteiger partial charge in [0, 0.05) is 17.9 Å². The first kappa shape index (κ1) is 18.4. The fourth-order valence-corrected chi connectivity index (χ4v) is 8.14. The van der Waals surface area contributed by atoms with Crippen molar-refractivity contribution in [3.63, 3.8) is 0 Å². The van der Waals surface area contributed by atoms with Crippen LogP contribution in [0, 0.1) is 40.9 Å². The lowest BCUT2D eigenvalue weighted by molar-refractivity contribution is -0.133. The van der Waals surface area contributed by atoms with E-state index in [0.29, 0.717) is 36.0 Å². The third-order valence-corrected chi connectivity index (χ3v) is 9.17. The van der Waals surface area contributed by atoms with E-state index in [2.05, 4.69) is 13.5 Å². The normalized spacial score (nSPS) is 49.1. The van der Waals surface area contributed by atoms with Crippen molar-refractivity contribution < 1.29 is 19.8 Å². The number of carboxylic acids is 1. The highest BCUT2D eigenvalue weighted by atomic mass is 16.4. The minimum atomic E-state index is -1.000. The molecule has 4 saturated carbocycles. The Morgan fingerprint density at radius 3 is 2.82 bits per heavy atom. The highest BCUT2D eigenvalue weighted by Crippen LogP contribution is 2.77. The number of hydrogen-bond donors (Lipinski definition) is 2. The van der Waals surface area contributed by atoms with Crippen LogP contribution in [0.2, 0.25) is 0 Å². The molecule has 4 heteroatoms. The van der Waals surface area contributed by atoms with Gasteiger partial charge in [-0.15, -0.1) is 0 Å². The number of aliphatic carboxylic acids is 1. The van der Waals surface area contributed by atoms with Gasteiger partial charge >= 0.3 is 5.97 Å². The van der Waals surface area contributed by atoms with Crippen molar-refractivity contribution in [3.8, 4) is 0 Å². The number of rotatable bonds is 3. The number of aliphatic hydroxyl groups is 1. The number of carbonyl (C=O) groups excluding carboxylic acids is 1. The van der Waals surface area contributed by atoms with Gasteiger partial charge < -0.3 is 10.2 Å². The summed E-state index contributed by atoms with van der Waals surface area (Å²) in [6, 6.07) is 0. The topological polar surface area (TPSA) is 74.6 Å². The number of hydrogen-bond acceptors (Lipinski definition) is 3. The van der Waals surface area contributed by atoms with E-state index in [0.717, 1.165) is 50.2 Å². The van der Waals surface area contributed by atoms with Gasteiger partial charge in [0.15, 0.2) is 5.78 Å². The summed E-state index contributed by atoms with van der Waals surface area (Å²) < 4.78 is 0. The Bertz CT molecular complexity index is 822. The Labute approximate surface area is 166 Å². The molecular weight excluding hydrogens is 352 g/mol. The summed E-state index contributed by atoms with van der Waals surface area (Å²) in [6.45, 7) is 6.51. The van der Waals surface area contributed by atoms with Crippen molar-refractivity contribution in [2.75, 3.05) is 0 Å². The van der Waals surface area contributed by atoms with Gasteiger partial charge in [-0.3, -0.25) is 4.79 Å². The molecule has 0 spiro atoms. The molecule has 4 fully saturated rings. The maximum atomic E-state index is 12.0. The Morgan fingerprint density at radius 2 is 2.11 bits per heavy atom. The van der Waals surface area contributed by atoms with E-state index in [1.807, 2.05) is 6.08 Å². The molecule has 5 aliphatic rings. The molecule has 4 nitrogen and oxygen atoms in total. The first-order chi connectivity index (χ1) is 13.3. The summed E-state index contributed by atoms with van der Waals surface area (Å²) >= 11 is 0. The summed E-state index contributed by atoms with van der Waals surface area (Å²) in [5.74, 6) is 1.90. The average molecular weight is 383 g/mol. The summed E-state index contributed by atoms with van der Waals surface area (Å²) in [4.78, 5) is 23.2. The summed E-state index contributed by atoms with van der Waals surface area (Å²) in [6.07, 6.45) is 11.0. The predicted molar refractivity (Wildman–Crippen MR) is 105 cm³/mol. The fourth-order valence-electron chi connectivity index (χ4n) is 8.14. The van der Waals surface area contributed by atoms with Crippen LogP contribution in [0.5, 0.6) is 0 Å². The number of fused-ring (bicyclic) bond motifs is 7. The molecule has 8 atom stereocenters. The molecule has 0 aromatic carbocycles. The highest BCUT2D eigenvalue weighted by molar-refractivity contribution is 5.92. The minimum Gasteiger partial charge on any atom is -0.478 e. The third kappa shape index (κ3) is 2.21. The van der Waals surface area contributed by atoms with Crippen LogP contribution in [0.15, 0.2) is 36.0 Å². The standard InChI is InChI=1S/C24H30O4/c1-3-23-8-6-16-15-5-4-14(25)11-17(15)13(2)10-18(16)22(23)19-12-20(19)24(23,28)9-7-21(26)27/h7,9,11,15-16,18-20,22,28H,2-6,8,10,12H2,1H3,(H,26,27)/b9-7-/t15-,16-,18-,19+,20-,22-,23+,24+/m1/s1. The first-order valence-corrected chi connectivity index (χ1v) is 10.9. The van der Waals surface area contributed by atoms with Crippen LogP contribution < -0.4 is 0 Å². The summed E-state index contributed by atoms with van der Waals surface area (Å²) in [5.41, 5.74) is 1.10. The zero-order valence-electron chi connectivity index (χ0n) is 16.6. The molecule has 0 unspecified atom stereocenters. The van der Waals surface area contributed by atoms with Gasteiger partial charge in [0.2, 0.25) is 0 Å². The third-order valence-electron chi connectivity index (χ3n) is 9.17. The van der Waals surface area contributed by atoms with E-state index in [9.17, 15) is 19.8 Å². The maximum absolute atomic E-state index is 12.0. The number of allylic oxidation sites excluding steroid dienone is 2. The second-order valence-corrected chi connectivity index (χ2v) is 9.92. The number of ketones is 1. The summed E-state index contributed by atoms with van der Waals surface area (Å²) in [7, 11) is 0. The smallest absolute Gasteiger partial charge is 0.328 e. The lowest BCUT2D eigenvalue weighted by Gasteiger charge is -2.58. The van der Waals surface area contributed by atoms with Crippen LogP contribution in [-0.4, -0.2) is 27.6 Å². The van der Waals surface area contributed by atoms with Gasteiger partial charge in [-0.25, -0.2) is 4.79 Å². The molecule has 0 radical (unpaired) electrons. The number of carbonyl (C=O) groups is 2. The Kier molecular flexibility index (Phi) is 3.88. The van der Waals surface area contributed by atoms with E-state index in [1.54, 1.807) is 6.08 Å². The maximum Gasteiger partial charge on any atom is 0.328 e. The van der Waals surface area contributed by atoms with Gasteiger partial charge in [0.25, 0.3) is 0 Å². The predicted octanol–water partition coefficient (Wildman–Crippen LogP) is 3.91. The molecular formula is C24H30O4. The summed E-state index contributed by atoms with van der Waals surface area (Å²) in [5, 5.41) is 21.0. The monoisotopic (exact) mass is 382 g/mol. The van der Waals surface area contributed by atoms with Crippen LogP contribution in [0.4, 0.5) is 0 Å². The van der Waals surface area contributed by atoms with E-state index in [4.69, 9.17) is 0 Å². The van der Waals surface area contributed by atoms with Crippen molar-refractivity contribution in [2.45, 2.75) is 57.5 Å². The molecule has 0 saturated heterocycles. The molecule has 28 heavy (non-hydrogen) atoms. The quantitative estimate of drug-likeness (QED) is 0.726. The molecule has 0 bridgehead atoms. The Balaban J connectivity index is 1.54. The molecule has 5 aliphatic carbocycles. The molecule has 150 valence electrons. The molecule has 0 amide bonds. The number of carboxylic acid groups (broad SMARTS) is 1. The van der Waals surface area contributed by atoms with Crippen molar-refractivity contribution in [2.24, 2.45) is 40.9 Å². The Hall–Kier alpha value is -1.68. The van der Waals surface area contributed by atoms with E-state index in [1.165, 1.54) is 5.57 Å². The largest absolute Gasteiger partial charge is 0.478 e. The van der Waals surface area contributed by atoms with Crippen molar-refractivity contribution in [1.82, 2.24) is 0 Å². The van der Waals surface area contributed by atoms with Crippen molar-refractivity contribution in [3.05, 3.63) is 36.0 Å². The first-order valence-electron chi connectivity index (χ1n) is 10.9. The highest BCUT2D eigenvalue weighted by Gasteiger charge is 2.76. The molecule has 2 N–H and O–H groups in total. The van der Waals surface area contributed by atoms with Crippen LogP contribution in [0.1, 0.15) is 51.9 Å². The molecule has 0 heterocycles. The van der Waals surface area contributed by atoms with Crippen molar-refractivity contribution >= 4 is 11.8 Å². The van der Waals surface area contributed by atoms with E-state index >= 15 is 0 Å². The second kappa shape index (κ2) is 5.91. The van der Waals surface area contributed by atoms with E-state index in [-0.39, 0.29) is 17.1 Å². The van der Waals surface area contributed by atoms with Gasteiger partial charge in [-0.1, -0.05) is 19.1 Å². The van der Waals surface area contributed by atoms with Crippen LogP contribution in [0.25, 0.3) is 0 Å². The van der Waals surface area contributed by atoms with Gasteiger partial charge in [-0.05, 0) is 91.8 Å². The zero-order valence-corrected chi connectivity index (χ0v) is 16.6. The molecule has 0 aromatic heterocycles. The SMILES string of the molecule is C=C1C[C@@H]2[C@H](CC[C@@]3(CC)[C@H]2[C@H]2C[C@H]2[C@@]3(O)/C=C\C(=O)O)[C@H]2CCC(=O)C=C12. The van der Waals surface area contributed by atoms with Gasteiger partial charge in [-0.2, -0.15) is 0 Å². The van der Waals surface area contributed by atoms with Gasteiger partial charge in [0.1, 0.15) is 0 Å². The van der Waals surface area contributed by atoms with Gasteiger partial charge in [0.05, 0.1) is 5.60 Å². The van der Waals surface area contributed by atoms with Crippen molar-refractivity contribution in [1.29, 1.82) is 0 Å². The molecule has 0 aromatic rings. The van der Waals surface area contributed by atoms with Crippen LogP contribution in [0.3, 0.4) is 0 Å². The lowest BCUT2D eigenvalue weighted by atomic mass is 9.47. The van der Waals surface area contributed by atoms with E-state index < -0.39 is 11.6 Å². The zero-order chi connectivity index (χ0) is 19.8. The molecule has 5 rings (SSSR count). The second-order valence-electron chi connectivity index (χ2n) is 9.92. The average Bonchev–Trinajstić information content (AvgIpc) is 3.42. The Morgan fingerprint density at radius 1 is 1.32 bits per heavy atom. The van der Waals surface area contributed by atoms with Crippen LogP contribution in [-0.2, 0) is 9.59 Å². The minimum absolute atomic E-state index is 0.199. The lowest BCUT2D eigenvalue weighted by Crippen LogP contribution is -2.56. The fraction of sp³-hybridized carbons (Fsp3) is 0.667.